The molecule has 4 N–H and O–H groups in total. The van der Waals surface area contributed by atoms with Gasteiger partial charge in [-0.1, -0.05) is 36.4 Å². The number of carbonyl (C=O) groups excluding carboxylic acids is 2. The van der Waals surface area contributed by atoms with E-state index in [0.29, 0.717) is 13.1 Å². The van der Waals surface area contributed by atoms with Crippen molar-refractivity contribution in [1.29, 1.82) is 0 Å². The third-order valence-electron chi connectivity index (χ3n) is 6.36. The third kappa shape index (κ3) is 6.00. The molecule has 1 unspecified atom stereocenters. The van der Waals surface area contributed by atoms with Crippen LogP contribution in [-0.4, -0.2) is 83.4 Å². The molecule has 0 bridgehead atoms. The standard InChI is InChI=1S/C26H33N5O4/c1-18-6-5-7-19(2)25(18)28-24(33)16-30-12-10-29(11-13-30)15-21(32)17-35-31-22-9-4-3-8-20(22)14-23(31)26(27)34/h3-9,14,21,32H,10-13,15-17H2,1-2H3,(H2,27,34)(H,28,33). The lowest BCUT2D eigenvalue weighted by atomic mass is 10.1. The van der Waals surface area contributed by atoms with E-state index in [1.54, 1.807) is 6.07 Å². The Morgan fingerprint density at radius 1 is 1.03 bits per heavy atom. The van der Waals surface area contributed by atoms with Crippen LogP contribution in [0.2, 0.25) is 0 Å². The van der Waals surface area contributed by atoms with Crippen LogP contribution in [0, 0.1) is 13.8 Å². The van der Waals surface area contributed by atoms with E-state index in [0.717, 1.165) is 53.9 Å². The molecule has 2 aromatic carbocycles. The van der Waals surface area contributed by atoms with Crippen LogP contribution in [-0.2, 0) is 4.79 Å². The van der Waals surface area contributed by atoms with Gasteiger partial charge in [0.25, 0.3) is 5.91 Å². The first-order valence-electron chi connectivity index (χ1n) is 11.8. The summed E-state index contributed by atoms with van der Waals surface area (Å²) in [6, 6.07) is 15.1. The number of nitrogens with zero attached hydrogens (tertiary/aromatic N) is 3. The highest BCUT2D eigenvalue weighted by atomic mass is 16.7. The van der Waals surface area contributed by atoms with Crippen molar-refractivity contribution in [2.24, 2.45) is 5.73 Å². The van der Waals surface area contributed by atoms with Gasteiger partial charge in [0.1, 0.15) is 18.4 Å². The van der Waals surface area contributed by atoms with Crippen LogP contribution in [0.15, 0.2) is 48.5 Å². The van der Waals surface area contributed by atoms with Crippen LogP contribution in [0.4, 0.5) is 5.69 Å². The van der Waals surface area contributed by atoms with E-state index in [-0.39, 0.29) is 18.2 Å². The van der Waals surface area contributed by atoms with Gasteiger partial charge >= 0.3 is 0 Å². The fraction of sp³-hybridized carbons (Fsp3) is 0.385. The topological polar surface area (TPSA) is 113 Å². The maximum absolute atomic E-state index is 12.6. The second-order valence-corrected chi connectivity index (χ2v) is 9.09. The second kappa shape index (κ2) is 10.9. The van der Waals surface area contributed by atoms with Crippen molar-refractivity contribution in [3.05, 3.63) is 65.4 Å². The summed E-state index contributed by atoms with van der Waals surface area (Å²) in [6.07, 6.45) is -0.740. The lowest BCUT2D eigenvalue weighted by Gasteiger charge is -2.35. The summed E-state index contributed by atoms with van der Waals surface area (Å²) in [5.74, 6) is -0.609. The minimum Gasteiger partial charge on any atom is -0.410 e. The van der Waals surface area contributed by atoms with Crippen molar-refractivity contribution in [2.45, 2.75) is 20.0 Å². The number of aryl methyl sites for hydroxylation is 2. The van der Waals surface area contributed by atoms with Crippen molar-refractivity contribution in [2.75, 3.05) is 51.2 Å². The smallest absolute Gasteiger partial charge is 0.268 e. The predicted octanol–water partition coefficient (Wildman–Crippen LogP) is 1.40. The number of aliphatic hydroxyl groups is 1. The van der Waals surface area contributed by atoms with Gasteiger partial charge in [0.05, 0.1) is 12.1 Å². The van der Waals surface area contributed by atoms with Crippen LogP contribution in [0.25, 0.3) is 10.9 Å². The molecule has 9 nitrogen and oxygen atoms in total. The van der Waals surface area contributed by atoms with E-state index in [9.17, 15) is 14.7 Å². The Kier molecular flexibility index (Phi) is 7.70. The van der Waals surface area contributed by atoms with Gasteiger partial charge in [-0.05, 0) is 37.1 Å². The number of β-amino-alcohol motifs (C(OH)–C–C–N with tert-alkyl or cyclic N) is 1. The third-order valence-corrected chi connectivity index (χ3v) is 6.36. The van der Waals surface area contributed by atoms with Crippen LogP contribution < -0.4 is 15.9 Å². The molecule has 2 amide bonds. The van der Waals surface area contributed by atoms with E-state index < -0.39 is 12.0 Å². The number of carbonyl (C=O) groups is 2. The number of benzene rings is 2. The van der Waals surface area contributed by atoms with Crippen molar-refractivity contribution in [3.8, 4) is 0 Å². The molecule has 4 rings (SSSR count). The second-order valence-electron chi connectivity index (χ2n) is 9.09. The Balaban J connectivity index is 1.24. The van der Waals surface area contributed by atoms with Gasteiger partial charge in [-0.2, -0.15) is 4.73 Å². The summed E-state index contributed by atoms with van der Waals surface area (Å²) in [7, 11) is 0. The monoisotopic (exact) mass is 479 g/mol. The van der Waals surface area contributed by atoms with Gasteiger partial charge in [0.2, 0.25) is 5.91 Å². The summed E-state index contributed by atoms with van der Waals surface area (Å²) < 4.78 is 1.40. The average Bonchev–Trinajstić information content (AvgIpc) is 3.20. The number of para-hydroxylation sites is 2. The maximum atomic E-state index is 12.6. The van der Waals surface area contributed by atoms with Crippen LogP contribution in [0.3, 0.4) is 0 Å². The number of aliphatic hydroxyl groups excluding tert-OH is 1. The van der Waals surface area contributed by atoms with Crippen molar-refractivity contribution in [3.63, 3.8) is 0 Å². The number of primary amides is 1. The summed E-state index contributed by atoms with van der Waals surface area (Å²) >= 11 is 0. The molecule has 1 fully saturated rings. The van der Waals surface area contributed by atoms with Gasteiger partial charge in [-0.25, -0.2) is 0 Å². The van der Waals surface area contributed by atoms with E-state index >= 15 is 0 Å². The number of amides is 2. The molecule has 0 saturated carbocycles. The maximum Gasteiger partial charge on any atom is 0.268 e. The zero-order valence-electron chi connectivity index (χ0n) is 20.2. The van der Waals surface area contributed by atoms with Crippen LogP contribution >= 0.6 is 0 Å². The SMILES string of the molecule is Cc1cccc(C)c1NC(=O)CN1CCN(CC(O)COn2c(C(N)=O)cc3ccccc32)CC1. The first kappa shape index (κ1) is 24.7. The number of nitrogens with one attached hydrogen (secondary N) is 1. The van der Waals surface area contributed by atoms with Gasteiger partial charge < -0.3 is 21.0 Å². The predicted molar refractivity (Wildman–Crippen MR) is 135 cm³/mol. The Bertz CT molecular complexity index is 1180. The number of fused-ring (bicyclic) bond motifs is 1. The van der Waals surface area contributed by atoms with Crippen LogP contribution in [0.1, 0.15) is 21.6 Å². The van der Waals surface area contributed by atoms with E-state index in [4.69, 9.17) is 10.6 Å². The fourth-order valence-electron chi connectivity index (χ4n) is 4.48. The molecule has 35 heavy (non-hydrogen) atoms. The number of piperazine rings is 1. The van der Waals surface area contributed by atoms with E-state index in [1.165, 1.54) is 4.73 Å². The lowest BCUT2D eigenvalue weighted by molar-refractivity contribution is -0.117. The Hall–Kier alpha value is -3.40. The number of nitrogens with two attached hydrogens (primary N) is 1. The van der Waals surface area contributed by atoms with Gasteiger partial charge in [-0.15, -0.1) is 0 Å². The average molecular weight is 480 g/mol. The Morgan fingerprint density at radius 2 is 1.69 bits per heavy atom. The molecule has 0 spiro atoms. The molecule has 1 aliphatic rings. The normalized spacial score (nSPS) is 15.7. The fourth-order valence-corrected chi connectivity index (χ4v) is 4.48. The largest absolute Gasteiger partial charge is 0.410 e. The molecule has 1 aromatic heterocycles. The number of rotatable bonds is 9. The molecule has 9 heteroatoms. The van der Waals surface area contributed by atoms with Gasteiger partial charge in [-0.3, -0.25) is 19.4 Å². The molecule has 3 aromatic rings. The van der Waals surface area contributed by atoms with Crippen molar-refractivity contribution < 1.29 is 19.5 Å². The minimum absolute atomic E-state index is 0.0199. The Labute approximate surface area is 205 Å². The summed E-state index contributed by atoms with van der Waals surface area (Å²) in [5.41, 5.74) is 9.45. The van der Waals surface area contributed by atoms with Crippen molar-refractivity contribution in [1.82, 2.24) is 14.5 Å². The zero-order valence-corrected chi connectivity index (χ0v) is 20.2. The van der Waals surface area contributed by atoms with E-state index in [1.807, 2.05) is 56.3 Å². The van der Waals surface area contributed by atoms with Crippen molar-refractivity contribution >= 4 is 28.4 Å². The molecule has 186 valence electrons. The summed E-state index contributed by atoms with van der Waals surface area (Å²) in [4.78, 5) is 34.4. The minimum atomic E-state index is -0.740. The molecular weight excluding hydrogens is 446 g/mol. The Morgan fingerprint density at radius 3 is 2.37 bits per heavy atom. The number of hydrogen-bond acceptors (Lipinski definition) is 6. The quantitative estimate of drug-likeness (QED) is 0.428. The van der Waals surface area contributed by atoms with Gasteiger partial charge in [0.15, 0.2) is 0 Å². The lowest BCUT2D eigenvalue weighted by Crippen LogP contribution is -2.51. The first-order valence-corrected chi connectivity index (χ1v) is 11.8. The number of anilines is 1. The molecule has 0 radical (unpaired) electrons. The molecule has 1 aliphatic heterocycles. The zero-order chi connectivity index (χ0) is 24.9. The highest BCUT2D eigenvalue weighted by Crippen LogP contribution is 2.20. The number of hydrogen-bond donors (Lipinski definition) is 3. The summed E-state index contributed by atoms with van der Waals surface area (Å²) in [5, 5.41) is 14.4. The van der Waals surface area contributed by atoms with E-state index in [2.05, 4.69) is 15.1 Å². The highest BCUT2D eigenvalue weighted by molar-refractivity contribution is 5.97. The van der Waals surface area contributed by atoms with Gasteiger partial charge in [0, 0.05) is 43.8 Å². The molecule has 0 aliphatic carbocycles. The molecule has 1 atom stereocenters. The first-order chi connectivity index (χ1) is 16.8. The highest BCUT2D eigenvalue weighted by Gasteiger charge is 2.22. The molecule has 1 saturated heterocycles. The number of aromatic nitrogens is 1. The van der Waals surface area contributed by atoms with Crippen LogP contribution in [0.5, 0.6) is 0 Å². The molecule has 2 heterocycles. The summed E-state index contributed by atoms with van der Waals surface area (Å²) in [6.45, 7) is 7.74. The molecular formula is C26H33N5O4.